The summed E-state index contributed by atoms with van der Waals surface area (Å²) in [6.07, 6.45) is 0. The molecule has 0 atom stereocenters. The number of nitrogens with zero attached hydrogens (tertiary/aromatic N) is 3. The molecule has 3 rings (SSSR count). The average molecular weight is 479 g/mol. The highest BCUT2D eigenvalue weighted by Gasteiger charge is 2.36. The van der Waals surface area contributed by atoms with Crippen molar-refractivity contribution in [3.8, 4) is 0 Å². The summed E-state index contributed by atoms with van der Waals surface area (Å²) in [5.74, 6) is -0.604. The maximum atomic E-state index is 13.0. The molecule has 0 saturated carbocycles. The Morgan fingerprint density at radius 1 is 1.13 bits per heavy atom. The molecular weight excluding hydrogens is 456 g/mol. The van der Waals surface area contributed by atoms with Gasteiger partial charge in [0.1, 0.15) is 11.3 Å². The van der Waals surface area contributed by atoms with Crippen molar-refractivity contribution in [2.24, 2.45) is 5.16 Å². The zero-order valence-electron chi connectivity index (χ0n) is 17.7. The molecule has 2 heterocycles. The second kappa shape index (κ2) is 8.93. The Morgan fingerprint density at radius 3 is 2.45 bits per heavy atom. The molecule has 0 fully saturated rings. The lowest BCUT2D eigenvalue weighted by Crippen LogP contribution is -2.40. The van der Waals surface area contributed by atoms with Crippen molar-refractivity contribution in [2.75, 3.05) is 5.73 Å². The number of benzene rings is 1. The van der Waals surface area contributed by atoms with Crippen LogP contribution in [0.25, 0.3) is 10.2 Å². The number of rotatable bonds is 6. The normalized spacial score (nSPS) is 12.7. The van der Waals surface area contributed by atoms with Crippen LogP contribution in [0.3, 0.4) is 0 Å². The molecule has 164 valence electrons. The number of oxime groups is 1. The first kappa shape index (κ1) is 23.2. The second-order valence-electron chi connectivity index (χ2n) is 7.95. The molecule has 0 bridgehead atoms. The summed E-state index contributed by atoms with van der Waals surface area (Å²) < 4.78 is 6.90. The molecule has 1 aromatic carbocycles. The average Bonchev–Trinajstić information content (AvgIpc) is 3.25. The number of hydrogen-bond donors (Lipinski definition) is 1. The van der Waals surface area contributed by atoms with Crippen molar-refractivity contribution in [2.45, 2.75) is 50.2 Å². The van der Waals surface area contributed by atoms with Crippen LogP contribution in [0.2, 0.25) is 0 Å². The molecule has 0 unspecified atom stereocenters. The van der Waals surface area contributed by atoms with Crippen LogP contribution >= 0.6 is 34.4 Å². The Balaban J connectivity index is 1.85. The summed E-state index contributed by atoms with van der Waals surface area (Å²) >= 11 is 3.48. The monoisotopic (exact) mass is 478 g/mol. The van der Waals surface area contributed by atoms with Gasteiger partial charge in [0.15, 0.2) is 15.2 Å². The number of nitrogens with two attached hydrogens (primary N) is 1. The van der Waals surface area contributed by atoms with Crippen molar-refractivity contribution in [1.82, 2.24) is 9.97 Å². The van der Waals surface area contributed by atoms with E-state index in [0.717, 1.165) is 22.0 Å². The molecule has 2 N–H and O–H groups in total. The Bertz CT molecular complexity index is 1110. The number of para-hydroxylation sites is 1. The van der Waals surface area contributed by atoms with Gasteiger partial charge in [-0.1, -0.05) is 17.3 Å². The van der Waals surface area contributed by atoms with Gasteiger partial charge >= 0.3 is 5.97 Å². The minimum Gasteiger partial charge on any atom is -0.457 e. The number of thioether (sulfide) groups is 1. The highest BCUT2D eigenvalue weighted by Crippen LogP contribution is 2.31. The van der Waals surface area contributed by atoms with Gasteiger partial charge in [-0.2, -0.15) is 0 Å². The van der Waals surface area contributed by atoms with Crippen molar-refractivity contribution < 1.29 is 19.2 Å². The minimum atomic E-state index is -1.42. The van der Waals surface area contributed by atoms with E-state index >= 15 is 0 Å². The SMILES string of the molecule is CC(C)(C)OC(=O)C(C)(C)ON=C(C(=O)Sc1nc2ccccc2s1)c1csc(N)n1. The molecule has 0 aliphatic heterocycles. The number of carbonyl (C=O) groups excluding carboxylic acids is 2. The predicted octanol–water partition coefficient (Wildman–Crippen LogP) is 4.49. The molecular formula is C20H22N4O4S3. The molecule has 11 heteroatoms. The van der Waals surface area contributed by atoms with Crippen LogP contribution in [0, 0.1) is 0 Å². The quantitative estimate of drug-likeness (QED) is 0.238. The van der Waals surface area contributed by atoms with Crippen molar-refractivity contribution >= 4 is 66.6 Å². The summed E-state index contributed by atoms with van der Waals surface area (Å²) in [5.41, 5.74) is 4.64. The maximum absolute atomic E-state index is 13.0. The molecule has 31 heavy (non-hydrogen) atoms. The topological polar surface area (TPSA) is 117 Å². The molecule has 8 nitrogen and oxygen atoms in total. The van der Waals surface area contributed by atoms with E-state index < -0.39 is 22.3 Å². The number of ether oxygens (including phenoxy) is 1. The van der Waals surface area contributed by atoms with Crippen molar-refractivity contribution in [3.63, 3.8) is 0 Å². The minimum absolute atomic E-state index is 0.0613. The van der Waals surface area contributed by atoms with Crippen LogP contribution in [-0.4, -0.2) is 38.0 Å². The van der Waals surface area contributed by atoms with E-state index in [1.807, 2.05) is 24.3 Å². The van der Waals surface area contributed by atoms with Gasteiger partial charge in [-0.3, -0.25) is 4.79 Å². The van der Waals surface area contributed by atoms with Gasteiger partial charge in [-0.15, -0.1) is 22.7 Å². The van der Waals surface area contributed by atoms with Gasteiger partial charge in [0, 0.05) is 5.38 Å². The van der Waals surface area contributed by atoms with Gasteiger partial charge in [-0.05, 0) is 58.5 Å². The summed E-state index contributed by atoms with van der Waals surface area (Å²) in [7, 11) is 0. The third-order valence-electron chi connectivity index (χ3n) is 3.67. The summed E-state index contributed by atoms with van der Waals surface area (Å²) in [5, 5.41) is 5.45. The zero-order chi connectivity index (χ0) is 22.8. The van der Waals surface area contributed by atoms with Gasteiger partial charge < -0.3 is 15.3 Å². The summed E-state index contributed by atoms with van der Waals surface area (Å²) in [6, 6.07) is 7.61. The maximum Gasteiger partial charge on any atom is 0.353 e. The summed E-state index contributed by atoms with van der Waals surface area (Å²) in [4.78, 5) is 39.6. The third kappa shape index (κ3) is 6.02. The smallest absolute Gasteiger partial charge is 0.353 e. The Hall–Kier alpha value is -2.50. The number of thiazole rings is 2. The van der Waals surface area contributed by atoms with E-state index in [4.69, 9.17) is 15.3 Å². The van der Waals surface area contributed by atoms with Gasteiger partial charge in [0.25, 0.3) is 0 Å². The van der Waals surface area contributed by atoms with Crippen molar-refractivity contribution in [1.29, 1.82) is 0 Å². The van der Waals surface area contributed by atoms with E-state index in [9.17, 15) is 9.59 Å². The highest BCUT2D eigenvalue weighted by molar-refractivity contribution is 8.16. The number of esters is 1. The lowest BCUT2D eigenvalue weighted by Gasteiger charge is -2.26. The van der Waals surface area contributed by atoms with Crippen LogP contribution in [0.5, 0.6) is 0 Å². The van der Waals surface area contributed by atoms with E-state index in [2.05, 4.69) is 15.1 Å². The lowest BCUT2D eigenvalue weighted by atomic mass is 10.1. The van der Waals surface area contributed by atoms with E-state index in [1.54, 1.807) is 26.2 Å². The number of anilines is 1. The van der Waals surface area contributed by atoms with Crippen molar-refractivity contribution in [3.05, 3.63) is 35.3 Å². The standard InChI is InChI=1S/C20H22N4O4S3/c1-19(2,3)27-16(26)20(4,5)28-24-14(12-10-29-17(21)22-12)15(25)31-18-23-11-8-6-7-9-13(11)30-18/h6-10H,1-5H3,(H2,21,22). The van der Waals surface area contributed by atoms with E-state index in [-0.39, 0.29) is 16.5 Å². The number of nitrogen functional groups attached to an aromatic ring is 1. The second-order valence-corrected chi connectivity index (χ2v) is 11.1. The van der Waals surface area contributed by atoms with Crippen LogP contribution in [-0.2, 0) is 19.2 Å². The molecule has 0 spiro atoms. The Kier molecular flexibility index (Phi) is 6.68. The molecule has 0 saturated heterocycles. The predicted molar refractivity (Wildman–Crippen MR) is 125 cm³/mol. The van der Waals surface area contributed by atoms with Crippen LogP contribution in [0.4, 0.5) is 5.13 Å². The van der Waals surface area contributed by atoms with Crippen LogP contribution in [0.1, 0.15) is 40.3 Å². The van der Waals surface area contributed by atoms with Crippen LogP contribution in [0.15, 0.2) is 39.1 Å². The number of hydrogen-bond acceptors (Lipinski definition) is 11. The first-order valence-corrected chi connectivity index (χ1v) is 11.7. The number of aromatic nitrogens is 2. The fourth-order valence-corrected chi connectivity index (χ4v) is 4.65. The fraction of sp³-hybridized carbons (Fsp3) is 0.350. The first-order chi connectivity index (χ1) is 14.4. The molecule has 0 radical (unpaired) electrons. The van der Waals surface area contributed by atoms with Gasteiger partial charge in [0.2, 0.25) is 10.7 Å². The first-order valence-electron chi connectivity index (χ1n) is 9.23. The fourth-order valence-electron chi connectivity index (χ4n) is 2.21. The summed E-state index contributed by atoms with van der Waals surface area (Å²) in [6.45, 7) is 8.30. The van der Waals surface area contributed by atoms with E-state index in [0.29, 0.717) is 4.34 Å². The zero-order valence-corrected chi connectivity index (χ0v) is 20.1. The van der Waals surface area contributed by atoms with Gasteiger partial charge in [-0.25, -0.2) is 14.8 Å². The molecule has 0 amide bonds. The highest BCUT2D eigenvalue weighted by atomic mass is 32.2. The largest absolute Gasteiger partial charge is 0.457 e. The molecule has 3 aromatic rings. The Labute approximate surface area is 191 Å². The molecule has 0 aliphatic carbocycles. The molecule has 2 aromatic heterocycles. The van der Waals surface area contributed by atoms with Crippen LogP contribution < -0.4 is 5.73 Å². The third-order valence-corrected chi connectivity index (χ3v) is 6.32. The van der Waals surface area contributed by atoms with E-state index in [1.165, 1.54) is 36.5 Å². The Morgan fingerprint density at radius 2 is 1.84 bits per heavy atom. The molecule has 0 aliphatic rings. The number of fused-ring (bicyclic) bond motifs is 1. The lowest BCUT2D eigenvalue weighted by molar-refractivity contribution is -0.179. The van der Waals surface area contributed by atoms with Gasteiger partial charge in [0.05, 0.1) is 10.2 Å². The number of carbonyl (C=O) groups is 2.